The third kappa shape index (κ3) is 7.61. The van der Waals surface area contributed by atoms with Crippen molar-refractivity contribution in [1.29, 1.82) is 0 Å². The molecular weight excluding hydrogens is 408 g/mol. The second-order valence-corrected chi connectivity index (χ2v) is 8.17. The van der Waals surface area contributed by atoms with E-state index in [2.05, 4.69) is 58.4 Å². The van der Waals surface area contributed by atoms with Crippen LogP contribution in [0.2, 0.25) is 0 Å². The number of ether oxygens (including phenoxy) is 2. The molecule has 4 nitrogen and oxygen atoms in total. The first-order valence-electron chi connectivity index (χ1n) is 12.2. The van der Waals surface area contributed by atoms with Crippen LogP contribution in [0.15, 0.2) is 77.4 Å². The topological polar surface area (TPSA) is 34.1 Å². The maximum absolute atomic E-state index is 5.95. The van der Waals surface area contributed by atoms with Crippen molar-refractivity contribution in [3.05, 3.63) is 83.6 Å². The quantitative estimate of drug-likeness (QED) is 0.428. The molecule has 0 aliphatic carbocycles. The van der Waals surface area contributed by atoms with Crippen LogP contribution in [0.1, 0.15) is 44.2 Å². The van der Waals surface area contributed by atoms with E-state index in [1.807, 2.05) is 38.4 Å². The average molecular weight is 447 g/mol. The minimum atomic E-state index is 0.651. The van der Waals surface area contributed by atoms with Gasteiger partial charge in [-0.2, -0.15) is 0 Å². The Labute approximate surface area is 199 Å². The summed E-state index contributed by atoms with van der Waals surface area (Å²) in [6.07, 6.45) is 12.7. The average Bonchev–Trinajstić information content (AvgIpc) is 3.18. The first kappa shape index (κ1) is 24.8. The van der Waals surface area contributed by atoms with Crippen LogP contribution in [0, 0.1) is 5.92 Å². The van der Waals surface area contributed by atoms with E-state index < -0.39 is 0 Å². The van der Waals surface area contributed by atoms with E-state index in [-0.39, 0.29) is 0 Å². The maximum Gasteiger partial charge on any atom is 0.118 e. The number of methoxy groups -OCH3 is 1. The van der Waals surface area contributed by atoms with Crippen molar-refractivity contribution >= 4 is 11.9 Å². The van der Waals surface area contributed by atoms with E-state index in [4.69, 9.17) is 9.47 Å². The van der Waals surface area contributed by atoms with Crippen LogP contribution >= 0.6 is 0 Å². The minimum absolute atomic E-state index is 0.651. The third-order valence-electron chi connectivity index (χ3n) is 6.12. The lowest BCUT2D eigenvalue weighted by molar-refractivity contribution is 0.124. The fourth-order valence-corrected chi connectivity index (χ4v) is 4.30. The molecule has 176 valence electrons. The zero-order valence-corrected chi connectivity index (χ0v) is 20.4. The number of anilines is 1. The van der Waals surface area contributed by atoms with E-state index in [9.17, 15) is 0 Å². The molecule has 2 aromatic rings. The molecule has 0 N–H and O–H groups in total. The lowest BCUT2D eigenvalue weighted by Gasteiger charge is -2.34. The summed E-state index contributed by atoms with van der Waals surface area (Å²) in [6, 6.07) is 17.0. The van der Waals surface area contributed by atoms with E-state index in [1.165, 1.54) is 35.2 Å². The molecule has 2 aromatic carbocycles. The highest BCUT2D eigenvalue weighted by Gasteiger charge is 2.21. The molecule has 0 radical (unpaired) electrons. The molecule has 0 amide bonds. The summed E-state index contributed by atoms with van der Waals surface area (Å²) >= 11 is 0. The van der Waals surface area contributed by atoms with Gasteiger partial charge in [0.2, 0.25) is 0 Å². The van der Waals surface area contributed by atoms with Crippen molar-refractivity contribution in [2.45, 2.75) is 46.1 Å². The summed E-state index contributed by atoms with van der Waals surface area (Å²) in [5.74, 6) is 1.54. The molecule has 2 aliphatic rings. The highest BCUT2D eigenvalue weighted by atomic mass is 16.5. The molecule has 2 aliphatic heterocycles. The largest absolute Gasteiger partial charge is 0.497 e. The van der Waals surface area contributed by atoms with E-state index in [0.29, 0.717) is 19.1 Å². The van der Waals surface area contributed by atoms with Gasteiger partial charge in [0.15, 0.2) is 0 Å². The third-order valence-corrected chi connectivity index (χ3v) is 6.12. The van der Waals surface area contributed by atoms with Gasteiger partial charge in [0.05, 0.1) is 20.3 Å². The molecule has 0 atom stereocenters. The van der Waals surface area contributed by atoms with Crippen LogP contribution in [0.5, 0.6) is 5.75 Å². The number of hydrogen-bond acceptors (Lipinski definition) is 4. The van der Waals surface area contributed by atoms with Gasteiger partial charge in [-0.15, -0.1) is 0 Å². The number of rotatable bonds is 8. The Morgan fingerprint density at radius 1 is 1.00 bits per heavy atom. The smallest absolute Gasteiger partial charge is 0.118 e. The van der Waals surface area contributed by atoms with Crippen LogP contribution < -0.4 is 9.64 Å². The fraction of sp³-hybridized carbons (Fsp3) is 0.414. The molecule has 0 saturated carbocycles. The van der Waals surface area contributed by atoms with E-state index in [0.717, 1.165) is 31.7 Å². The van der Waals surface area contributed by atoms with Gasteiger partial charge in [-0.05, 0) is 72.2 Å². The lowest BCUT2D eigenvalue weighted by atomic mass is 9.88. The van der Waals surface area contributed by atoms with Crippen molar-refractivity contribution in [1.82, 2.24) is 0 Å². The summed E-state index contributed by atoms with van der Waals surface area (Å²) in [6.45, 7) is 7.56. The summed E-state index contributed by atoms with van der Waals surface area (Å²) < 4.78 is 11.2. The molecule has 0 aromatic heterocycles. The number of piperidine rings is 1. The molecule has 0 spiro atoms. The van der Waals surface area contributed by atoms with Crippen LogP contribution in [-0.2, 0) is 17.8 Å². The molecule has 33 heavy (non-hydrogen) atoms. The first-order valence-corrected chi connectivity index (χ1v) is 12.2. The van der Waals surface area contributed by atoms with E-state index >= 15 is 0 Å². The van der Waals surface area contributed by atoms with Crippen molar-refractivity contribution in [3.63, 3.8) is 0 Å². The molecule has 4 rings (SSSR count). The van der Waals surface area contributed by atoms with Crippen molar-refractivity contribution in [2.24, 2.45) is 10.9 Å². The zero-order chi connectivity index (χ0) is 23.3. The van der Waals surface area contributed by atoms with Crippen LogP contribution in [-0.4, -0.2) is 33.0 Å². The number of hydrogen-bond donors (Lipinski definition) is 0. The van der Waals surface area contributed by atoms with Crippen LogP contribution in [0.3, 0.4) is 0 Å². The van der Waals surface area contributed by atoms with Crippen molar-refractivity contribution in [2.75, 3.05) is 31.7 Å². The Balaban J connectivity index is 0.00000149. The molecule has 1 fully saturated rings. The predicted molar refractivity (Wildman–Crippen MR) is 139 cm³/mol. The van der Waals surface area contributed by atoms with E-state index in [1.54, 1.807) is 7.11 Å². The molecular formula is C29H38N2O2. The fourth-order valence-electron chi connectivity index (χ4n) is 4.30. The predicted octanol–water partition coefficient (Wildman–Crippen LogP) is 6.61. The Morgan fingerprint density at radius 3 is 2.55 bits per heavy atom. The standard InChI is InChI=1S/C27H32N2O2.C2H6/c1-30-27-9-7-22(8-10-27)14-19-31-21-23-4-2-6-26(20-23)29-17-12-25(13-18-29)24-5-3-15-28-16-11-24;1-2/h2,4-11,15-16,20,25H,3,12-14,17-19,21H2,1H3;1-2H3. The monoisotopic (exact) mass is 446 g/mol. The molecule has 0 unspecified atom stereocenters. The van der Waals surface area contributed by atoms with Gasteiger partial charge in [0.1, 0.15) is 5.75 Å². The number of benzene rings is 2. The van der Waals surface area contributed by atoms with Crippen LogP contribution in [0.25, 0.3) is 0 Å². The van der Waals surface area contributed by atoms with Gasteiger partial charge in [-0.3, -0.25) is 4.99 Å². The van der Waals surface area contributed by atoms with Crippen LogP contribution in [0.4, 0.5) is 5.69 Å². The van der Waals surface area contributed by atoms with Gasteiger partial charge >= 0.3 is 0 Å². The summed E-state index contributed by atoms with van der Waals surface area (Å²) in [5.41, 5.74) is 5.27. The van der Waals surface area contributed by atoms with Gasteiger partial charge in [0.25, 0.3) is 0 Å². The van der Waals surface area contributed by atoms with Gasteiger partial charge in [0, 0.05) is 37.6 Å². The Kier molecular flexibility index (Phi) is 10.2. The summed E-state index contributed by atoms with van der Waals surface area (Å²) in [5, 5.41) is 0. The lowest BCUT2D eigenvalue weighted by Crippen LogP contribution is -2.34. The molecule has 1 saturated heterocycles. The Morgan fingerprint density at radius 2 is 1.79 bits per heavy atom. The highest BCUT2D eigenvalue weighted by Crippen LogP contribution is 2.29. The number of nitrogens with zero attached hydrogens (tertiary/aromatic N) is 2. The number of aliphatic imine (C=N–C) groups is 1. The maximum atomic E-state index is 5.95. The second-order valence-electron chi connectivity index (χ2n) is 8.17. The SMILES string of the molecule is CC.COc1ccc(CCOCc2cccc(N3CCC(C4=CCC=NC=C4)CC3)c2)cc1. The highest BCUT2D eigenvalue weighted by molar-refractivity contribution is 5.62. The first-order chi connectivity index (χ1) is 16.3. The van der Waals surface area contributed by atoms with Crippen molar-refractivity contribution in [3.8, 4) is 5.75 Å². The van der Waals surface area contributed by atoms with Gasteiger partial charge in [-0.25, -0.2) is 0 Å². The Hall–Kier alpha value is -2.85. The second kappa shape index (κ2) is 13.6. The molecule has 2 heterocycles. The number of allylic oxidation sites excluding steroid dienone is 3. The summed E-state index contributed by atoms with van der Waals surface area (Å²) in [4.78, 5) is 6.77. The van der Waals surface area contributed by atoms with Gasteiger partial charge < -0.3 is 14.4 Å². The van der Waals surface area contributed by atoms with Gasteiger partial charge in [-0.1, -0.05) is 44.2 Å². The normalized spacial score (nSPS) is 16.0. The molecule has 0 bridgehead atoms. The molecule has 4 heteroatoms. The Bertz CT molecular complexity index is 923. The van der Waals surface area contributed by atoms with Crippen molar-refractivity contribution < 1.29 is 9.47 Å². The zero-order valence-electron chi connectivity index (χ0n) is 20.4. The minimum Gasteiger partial charge on any atom is -0.497 e. The summed E-state index contributed by atoms with van der Waals surface area (Å²) in [7, 11) is 1.69.